The second kappa shape index (κ2) is 7.57. The summed E-state index contributed by atoms with van der Waals surface area (Å²) in [6.45, 7) is 5.03. The number of carbonyl (C=O) groups is 3. The Hall–Kier alpha value is -1.62. The van der Waals surface area contributed by atoms with Gasteiger partial charge in [0.2, 0.25) is 11.8 Å². The van der Waals surface area contributed by atoms with Crippen molar-refractivity contribution in [1.82, 2.24) is 15.1 Å². The molecule has 0 saturated carbocycles. The van der Waals surface area contributed by atoms with E-state index in [1.807, 2.05) is 6.92 Å². The van der Waals surface area contributed by atoms with E-state index in [9.17, 15) is 24.6 Å². The molecule has 3 saturated heterocycles. The van der Waals surface area contributed by atoms with Gasteiger partial charge < -0.3 is 26.2 Å². The predicted molar refractivity (Wildman–Crippen MR) is 106 cm³/mol. The Morgan fingerprint density at radius 3 is 2.72 bits per heavy atom. The monoisotopic (exact) mass is 424 g/mol. The number of hydrogen-bond donors (Lipinski definition) is 4. The number of likely N-dealkylation sites (tertiary alicyclic amines) is 1. The summed E-state index contributed by atoms with van der Waals surface area (Å²) in [5.41, 5.74) is 5.60. The Bertz CT molecular complexity index is 772. The SMILES string of the molecule is C[C@@H]1C(S[C@@H]2CN[C@@H](N3CCC[C@H]3C(N)=O)C2)=C(C(=O)O)N2C(=O)[C@H]([C@@H](C)O)[C@@H]12. The number of aliphatic hydroxyl groups is 1. The van der Waals surface area contributed by atoms with E-state index < -0.39 is 18.0 Å². The van der Waals surface area contributed by atoms with Gasteiger partial charge in [0.25, 0.3) is 0 Å². The number of hydrogen-bond acceptors (Lipinski definition) is 7. The highest BCUT2D eigenvalue weighted by molar-refractivity contribution is 8.03. The summed E-state index contributed by atoms with van der Waals surface area (Å²) in [5.74, 6) is -2.39. The van der Waals surface area contributed by atoms with E-state index in [2.05, 4.69) is 10.2 Å². The van der Waals surface area contributed by atoms with E-state index in [1.165, 1.54) is 16.7 Å². The lowest BCUT2D eigenvalue weighted by atomic mass is 9.79. The van der Waals surface area contributed by atoms with Gasteiger partial charge in [-0.2, -0.15) is 0 Å². The number of carboxylic acids is 1. The molecule has 0 aliphatic carbocycles. The van der Waals surface area contributed by atoms with Crippen LogP contribution in [0.5, 0.6) is 0 Å². The fourth-order valence-electron chi connectivity index (χ4n) is 5.35. The minimum Gasteiger partial charge on any atom is -0.477 e. The molecule has 0 aromatic rings. The normalized spacial score (nSPS) is 38.3. The molecule has 29 heavy (non-hydrogen) atoms. The summed E-state index contributed by atoms with van der Waals surface area (Å²) in [4.78, 5) is 40.3. The summed E-state index contributed by atoms with van der Waals surface area (Å²) in [6, 6.07) is -0.541. The first kappa shape index (κ1) is 20.6. The Kier molecular flexibility index (Phi) is 5.39. The molecule has 2 amide bonds. The molecule has 5 N–H and O–H groups in total. The summed E-state index contributed by atoms with van der Waals surface area (Å²) < 4.78 is 0. The van der Waals surface area contributed by atoms with Crippen LogP contribution < -0.4 is 11.1 Å². The molecule has 160 valence electrons. The molecule has 0 radical (unpaired) electrons. The number of rotatable bonds is 6. The minimum atomic E-state index is -1.10. The Balaban J connectivity index is 1.49. The zero-order valence-electron chi connectivity index (χ0n) is 16.6. The van der Waals surface area contributed by atoms with Crippen LogP contribution in [0.3, 0.4) is 0 Å². The Morgan fingerprint density at radius 2 is 2.10 bits per heavy atom. The molecule has 0 unspecified atom stereocenters. The zero-order chi connectivity index (χ0) is 21.0. The lowest BCUT2D eigenvalue weighted by Crippen LogP contribution is -2.63. The number of aliphatic hydroxyl groups excluding tert-OH is 1. The molecule has 4 heterocycles. The first-order valence-electron chi connectivity index (χ1n) is 10.2. The van der Waals surface area contributed by atoms with Crippen molar-refractivity contribution < 1.29 is 24.6 Å². The maximum Gasteiger partial charge on any atom is 0.353 e. The number of amides is 2. The molecular formula is C19H28N4O5S. The minimum absolute atomic E-state index is 0.0435. The molecule has 4 aliphatic rings. The number of nitrogens with zero attached hydrogens (tertiary/aromatic N) is 2. The van der Waals surface area contributed by atoms with Gasteiger partial charge in [0, 0.05) is 29.2 Å². The van der Waals surface area contributed by atoms with Gasteiger partial charge in [-0.05, 0) is 26.2 Å². The molecule has 0 bridgehead atoms. The van der Waals surface area contributed by atoms with Gasteiger partial charge in [-0.3, -0.25) is 14.5 Å². The quantitative estimate of drug-likeness (QED) is 0.420. The van der Waals surface area contributed by atoms with Gasteiger partial charge in [-0.15, -0.1) is 11.8 Å². The summed E-state index contributed by atoms with van der Waals surface area (Å²) >= 11 is 1.51. The van der Waals surface area contributed by atoms with Crippen LogP contribution in [0.1, 0.15) is 33.1 Å². The Morgan fingerprint density at radius 1 is 1.38 bits per heavy atom. The van der Waals surface area contributed by atoms with Crippen LogP contribution in [0.2, 0.25) is 0 Å². The van der Waals surface area contributed by atoms with Crippen molar-refractivity contribution >= 4 is 29.5 Å². The molecule has 4 aliphatic heterocycles. The van der Waals surface area contributed by atoms with E-state index in [0.717, 1.165) is 25.8 Å². The molecule has 4 rings (SSSR count). The van der Waals surface area contributed by atoms with Crippen LogP contribution in [0.4, 0.5) is 0 Å². The van der Waals surface area contributed by atoms with Crippen molar-refractivity contribution in [2.24, 2.45) is 17.6 Å². The van der Waals surface area contributed by atoms with Crippen LogP contribution in [0.25, 0.3) is 0 Å². The number of primary amides is 1. The largest absolute Gasteiger partial charge is 0.477 e. The van der Waals surface area contributed by atoms with Gasteiger partial charge in [0.1, 0.15) is 5.70 Å². The number of carbonyl (C=O) groups excluding carboxylic acids is 2. The second-order valence-electron chi connectivity index (χ2n) is 8.47. The van der Waals surface area contributed by atoms with Crippen molar-refractivity contribution in [3.8, 4) is 0 Å². The zero-order valence-corrected chi connectivity index (χ0v) is 17.4. The second-order valence-corrected chi connectivity index (χ2v) is 9.81. The van der Waals surface area contributed by atoms with Crippen LogP contribution in [0, 0.1) is 11.8 Å². The van der Waals surface area contributed by atoms with Gasteiger partial charge in [-0.1, -0.05) is 6.92 Å². The molecule has 9 nitrogen and oxygen atoms in total. The van der Waals surface area contributed by atoms with Crippen molar-refractivity contribution in [2.75, 3.05) is 13.1 Å². The van der Waals surface area contributed by atoms with Crippen molar-refractivity contribution in [1.29, 1.82) is 0 Å². The molecule has 3 fully saturated rings. The number of β-lactam (4-membered cyclic amide) rings is 1. The topological polar surface area (TPSA) is 136 Å². The van der Waals surface area contributed by atoms with Crippen molar-refractivity contribution in [3.05, 3.63) is 10.6 Å². The van der Waals surface area contributed by atoms with E-state index in [0.29, 0.717) is 11.4 Å². The highest BCUT2D eigenvalue weighted by atomic mass is 32.2. The van der Waals surface area contributed by atoms with E-state index in [-0.39, 0.29) is 46.9 Å². The van der Waals surface area contributed by atoms with E-state index in [1.54, 1.807) is 6.92 Å². The highest BCUT2D eigenvalue weighted by Gasteiger charge is 2.60. The maximum atomic E-state index is 12.5. The van der Waals surface area contributed by atoms with Crippen LogP contribution in [-0.4, -0.2) is 80.5 Å². The van der Waals surface area contributed by atoms with Gasteiger partial charge >= 0.3 is 5.97 Å². The summed E-state index contributed by atoms with van der Waals surface area (Å²) in [5, 5.41) is 23.3. The van der Waals surface area contributed by atoms with Crippen molar-refractivity contribution in [2.45, 2.75) is 62.7 Å². The molecular weight excluding hydrogens is 396 g/mol. The average Bonchev–Trinajstić information content (AvgIpc) is 3.33. The summed E-state index contributed by atoms with van der Waals surface area (Å²) in [7, 11) is 0. The lowest BCUT2D eigenvalue weighted by molar-refractivity contribution is -0.163. The van der Waals surface area contributed by atoms with E-state index >= 15 is 0 Å². The third-order valence-corrected chi connectivity index (χ3v) is 8.21. The number of nitrogens with two attached hydrogens (primary N) is 1. The fourth-order valence-corrected chi connectivity index (χ4v) is 6.82. The number of thioether (sulfide) groups is 1. The third-order valence-electron chi connectivity index (χ3n) is 6.69. The smallest absolute Gasteiger partial charge is 0.353 e. The van der Waals surface area contributed by atoms with Gasteiger partial charge in [0.05, 0.1) is 30.3 Å². The maximum absolute atomic E-state index is 12.5. The van der Waals surface area contributed by atoms with E-state index in [4.69, 9.17) is 5.73 Å². The first-order valence-corrected chi connectivity index (χ1v) is 11.0. The van der Waals surface area contributed by atoms with Crippen LogP contribution >= 0.6 is 11.8 Å². The summed E-state index contributed by atoms with van der Waals surface area (Å²) in [6.07, 6.45) is 1.73. The Labute approximate surface area is 173 Å². The number of fused-ring (bicyclic) bond motifs is 1. The molecule has 10 heteroatoms. The van der Waals surface area contributed by atoms with Gasteiger partial charge in [-0.25, -0.2) is 4.79 Å². The highest BCUT2D eigenvalue weighted by Crippen LogP contribution is 2.51. The third kappa shape index (κ3) is 3.26. The average molecular weight is 425 g/mol. The number of nitrogens with one attached hydrogen (secondary N) is 1. The lowest BCUT2D eigenvalue weighted by Gasteiger charge is -2.46. The molecule has 0 aromatic heterocycles. The van der Waals surface area contributed by atoms with Crippen molar-refractivity contribution in [3.63, 3.8) is 0 Å². The standard InChI is InChI=1S/C19H28N4O5S/c1-8-14-13(9(2)24)18(26)23(14)15(19(27)28)16(8)29-10-6-12(21-7-10)22-5-3-4-11(22)17(20)25/h8-14,21,24H,3-7H2,1-2H3,(H2,20,25)(H,27,28)/t8-,9+,10-,11-,12-,13+,14+/m0/s1. The molecule has 0 spiro atoms. The predicted octanol–water partition coefficient (Wildman–Crippen LogP) is -0.489. The van der Waals surface area contributed by atoms with Crippen LogP contribution in [0.15, 0.2) is 10.6 Å². The number of carboxylic acid groups (broad SMARTS) is 1. The molecule has 7 atom stereocenters. The van der Waals surface area contributed by atoms with Gasteiger partial charge in [0.15, 0.2) is 0 Å². The first-order chi connectivity index (χ1) is 13.7. The van der Waals surface area contributed by atoms with Crippen LogP contribution in [-0.2, 0) is 14.4 Å². The molecule has 0 aromatic carbocycles. The number of aliphatic carboxylic acids is 1. The fraction of sp³-hybridized carbons (Fsp3) is 0.737.